The maximum absolute atomic E-state index is 13.4. The fourth-order valence-electron chi connectivity index (χ4n) is 3.07. The van der Waals surface area contributed by atoms with E-state index in [1.54, 1.807) is 36.4 Å². The van der Waals surface area contributed by atoms with Crippen LogP contribution in [0.4, 0.5) is 4.39 Å². The third-order valence-corrected chi connectivity index (χ3v) is 7.03. The number of amides is 1. The number of rotatable bonds is 6. The number of carbonyl (C=O) groups is 1. The van der Waals surface area contributed by atoms with E-state index < -0.39 is 10.0 Å². The zero-order valence-corrected chi connectivity index (χ0v) is 19.3. The summed E-state index contributed by atoms with van der Waals surface area (Å²) in [7, 11) is -3.85. The summed E-state index contributed by atoms with van der Waals surface area (Å²) in [6.45, 7) is 0.292. The molecule has 0 saturated carbocycles. The first kappa shape index (κ1) is 23.1. The van der Waals surface area contributed by atoms with Crippen molar-refractivity contribution in [2.24, 2.45) is 5.14 Å². The fourth-order valence-corrected chi connectivity index (χ4v) is 4.72. The predicted octanol–water partition coefficient (Wildman–Crippen LogP) is 4.85. The molecule has 0 aliphatic carbocycles. The van der Waals surface area contributed by atoms with Crippen molar-refractivity contribution in [3.63, 3.8) is 0 Å². The molecule has 3 aromatic carbocycles. The van der Waals surface area contributed by atoms with Gasteiger partial charge in [-0.3, -0.25) is 4.79 Å². The Bertz CT molecular complexity index is 1400. The minimum Gasteiger partial charge on any atom is -0.346 e. The van der Waals surface area contributed by atoms with Crippen molar-refractivity contribution in [1.82, 2.24) is 10.3 Å². The van der Waals surface area contributed by atoms with Gasteiger partial charge in [-0.05, 0) is 47.5 Å². The van der Waals surface area contributed by atoms with Gasteiger partial charge in [0.15, 0.2) is 5.01 Å². The average Bonchev–Trinajstić information content (AvgIpc) is 3.24. The smallest absolute Gasteiger partial charge is 0.280 e. The topological polar surface area (TPSA) is 102 Å². The molecule has 1 amide bonds. The van der Waals surface area contributed by atoms with Crippen LogP contribution in [0.1, 0.15) is 15.4 Å². The van der Waals surface area contributed by atoms with Crippen LogP contribution in [0.15, 0.2) is 77.7 Å². The molecule has 0 radical (unpaired) electrons. The number of aromatic nitrogens is 1. The molecule has 0 atom stereocenters. The second kappa shape index (κ2) is 9.40. The first-order chi connectivity index (χ1) is 15.7. The van der Waals surface area contributed by atoms with Gasteiger partial charge in [0.2, 0.25) is 10.0 Å². The summed E-state index contributed by atoms with van der Waals surface area (Å²) < 4.78 is 36.6. The SMILES string of the molecule is NS(=O)(=O)c1ccc(-c2nc(C(=O)NCc3ccc(Cl)cc3)sc2-c2ccc(F)cc2)cc1. The Morgan fingerprint density at radius 2 is 1.58 bits per heavy atom. The third kappa shape index (κ3) is 5.45. The van der Waals surface area contributed by atoms with Gasteiger partial charge in [0.1, 0.15) is 5.82 Å². The highest BCUT2D eigenvalue weighted by Crippen LogP contribution is 2.37. The van der Waals surface area contributed by atoms with Crippen LogP contribution in [-0.2, 0) is 16.6 Å². The Balaban J connectivity index is 1.68. The number of sulfonamides is 1. The van der Waals surface area contributed by atoms with Gasteiger partial charge in [0.05, 0.1) is 15.5 Å². The summed E-state index contributed by atoms with van der Waals surface area (Å²) in [5, 5.41) is 8.82. The van der Waals surface area contributed by atoms with E-state index in [9.17, 15) is 17.6 Å². The monoisotopic (exact) mass is 501 g/mol. The number of thiazole rings is 1. The van der Waals surface area contributed by atoms with Crippen molar-refractivity contribution in [2.75, 3.05) is 0 Å². The van der Waals surface area contributed by atoms with Crippen LogP contribution >= 0.6 is 22.9 Å². The summed E-state index contributed by atoms with van der Waals surface area (Å²) >= 11 is 7.05. The summed E-state index contributed by atoms with van der Waals surface area (Å²) in [4.78, 5) is 17.9. The van der Waals surface area contributed by atoms with E-state index in [1.807, 2.05) is 12.1 Å². The minimum atomic E-state index is -3.85. The van der Waals surface area contributed by atoms with Gasteiger partial charge in [-0.2, -0.15) is 0 Å². The van der Waals surface area contributed by atoms with E-state index >= 15 is 0 Å². The number of halogens is 2. The van der Waals surface area contributed by atoms with Crippen LogP contribution < -0.4 is 10.5 Å². The van der Waals surface area contributed by atoms with Crippen LogP contribution in [0.3, 0.4) is 0 Å². The van der Waals surface area contributed by atoms with Gasteiger partial charge in [-0.25, -0.2) is 22.9 Å². The normalized spacial score (nSPS) is 11.4. The summed E-state index contributed by atoms with van der Waals surface area (Å²) in [5.74, 6) is -0.756. The average molecular weight is 502 g/mol. The van der Waals surface area contributed by atoms with Crippen molar-refractivity contribution in [3.8, 4) is 21.7 Å². The van der Waals surface area contributed by atoms with Gasteiger partial charge in [0.25, 0.3) is 5.91 Å². The van der Waals surface area contributed by atoms with E-state index in [1.165, 1.54) is 24.3 Å². The molecule has 0 bridgehead atoms. The van der Waals surface area contributed by atoms with Crippen molar-refractivity contribution >= 4 is 38.9 Å². The summed E-state index contributed by atoms with van der Waals surface area (Å²) in [6.07, 6.45) is 0. The van der Waals surface area contributed by atoms with Crippen molar-refractivity contribution in [2.45, 2.75) is 11.4 Å². The van der Waals surface area contributed by atoms with E-state index in [4.69, 9.17) is 16.7 Å². The molecule has 0 aliphatic rings. The maximum Gasteiger partial charge on any atom is 0.280 e. The molecule has 0 saturated heterocycles. The molecule has 4 rings (SSSR count). The van der Waals surface area contributed by atoms with E-state index in [-0.39, 0.29) is 21.6 Å². The fraction of sp³-hybridized carbons (Fsp3) is 0.0435. The van der Waals surface area contributed by atoms with Crippen LogP contribution in [0, 0.1) is 5.82 Å². The van der Waals surface area contributed by atoms with Crippen LogP contribution in [0.2, 0.25) is 5.02 Å². The Morgan fingerprint density at radius 3 is 2.18 bits per heavy atom. The second-order valence-corrected chi connectivity index (χ2v) is 10.1. The van der Waals surface area contributed by atoms with Crippen LogP contribution in [0.5, 0.6) is 0 Å². The zero-order valence-electron chi connectivity index (χ0n) is 17.0. The highest BCUT2D eigenvalue weighted by Gasteiger charge is 2.20. The van der Waals surface area contributed by atoms with Crippen LogP contribution in [0.25, 0.3) is 21.7 Å². The highest BCUT2D eigenvalue weighted by molar-refractivity contribution is 7.89. The predicted molar refractivity (Wildman–Crippen MR) is 127 cm³/mol. The highest BCUT2D eigenvalue weighted by atomic mass is 35.5. The molecule has 168 valence electrons. The first-order valence-corrected chi connectivity index (χ1v) is 12.4. The number of hydrogen-bond donors (Lipinski definition) is 2. The standard InChI is InChI=1S/C23H17ClFN3O3S2/c24-17-7-1-14(2-8-17)13-27-22(29)23-28-20(15-5-11-19(12-6-15)33(26,30)31)21(32-23)16-3-9-18(25)10-4-16/h1-12H,13H2,(H,27,29)(H2,26,30,31). The number of nitrogens with one attached hydrogen (secondary N) is 1. The van der Waals surface area contributed by atoms with Crippen molar-refractivity contribution in [1.29, 1.82) is 0 Å². The molecule has 4 aromatic rings. The number of benzene rings is 3. The third-order valence-electron chi connectivity index (χ3n) is 4.75. The van der Waals surface area contributed by atoms with E-state index in [2.05, 4.69) is 10.3 Å². The lowest BCUT2D eigenvalue weighted by Gasteiger charge is -2.04. The molecule has 1 aromatic heterocycles. The molecule has 0 fully saturated rings. The lowest BCUT2D eigenvalue weighted by molar-refractivity contribution is 0.0950. The number of nitrogens with zero attached hydrogens (tertiary/aromatic N) is 1. The largest absolute Gasteiger partial charge is 0.346 e. The molecule has 0 spiro atoms. The number of hydrogen-bond acceptors (Lipinski definition) is 5. The van der Waals surface area contributed by atoms with Gasteiger partial charge in [0, 0.05) is 17.1 Å². The zero-order chi connectivity index (χ0) is 23.6. The molecule has 6 nitrogen and oxygen atoms in total. The van der Waals surface area contributed by atoms with E-state index in [0.717, 1.165) is 16.9 Å². The van der Waals surface area contributed by atoms with Crippen molar-refractivity contribution < 1.29 is 17.6 Å². The molecule has 10 heteroatoms. The molecular formula is C23H17ClFN3O3S2. The lowest BCUT2D eigenvalue weighted by atomic mass is 10.1. The maximum atomic E-state index is 13.4. The molecule has 33 heavy (non-hydrogen) atoms. The first-order valence-electron chi connectivity index (χ1n) is 9.63. The molecule has 3 N–H and O–H groups in total. The summed E-state index contributed by atoms with van der Waals surface area (Å²) in [6, 6.07) is 18.8. The molecule has 0 aliphatic heterocycles. The number of nitrogens with two attached hydrogens (primary N) is 1. The van der Waals surface area contributed by atoms with Gasteiger partial charge >= 0.3 is 0 Å². The van der Waals surface area contributed by atoms with Crippen LogP contribution in [-0.4, -0.2) is 19.3 Å². The Kier molecular flexibility index (Phi) is 6.57. The molecule has 0 unspecified atom stereocenters. The number of carbonyl (C=O) groups excluding carboxylic acids is 1. The van der Waals surface area contributed by atoms with Crippen molar-refractivity contribution in [3.05, 3.63) is 94.2 Å². The van der Waals surface area contributed by atoms with Gasteiger partial charge in [-0.15, -0.1) is 11.3 Å². The molecule has 1 heterocycles. The van der Waals surface area contributed by atoms with E-state index in [0.29, 0.717) is 33.3 Å². The Hall–Kier alpha value is -3.11. The number of primary sulfonamides is 1. The second-order valence-electron chi connectivity index (χ2n) is 7.08. The quantitative estimate of drug-likeness (QED) is 0.394. The minimum absolute atomic E-state index is 0.0363. The Labute approximate surface area is 198 Å². The lowest BCUT2D eigenvalue weighted by Crippen LogP contribution is -2.22. The van der Waals surface area contributed by atoms with Gasteiger partial charge in [-0.1, -0.05) is 48.0 Å². The Morgan fingerprint density at radius 1 is 0.970 bits per heavy atom. The van der Waals surface area contributed by atoms with Gasteiger partial charge < -0.3 is 5.32 Å². The molecular weight excluding hydrogens is 485 g/mol. The summed E-state index contributed by atoms with van der Waals surface area (Å²) in [5.41, 5.74) is 2.62.